The molecule has 0 aliphatic rings. The Morgan fingerprint density at radius 2 is 2.27 bits per heavy atom. The van der Waals surface area contributed by atoms with Gasteiger partial charge in [-0.3, -0.25) is 0 Å². The van der Waals surface area contributed by atoms with Crippen molar-refractivity contribution in [2.45, 2.75) is 25.4 Å². The molecule has 1 N–H and O–H groups in total. The van der Waals surface area contributed by atoms with Crippen LogP contribution in [0.4, 0.5) is 0 Å². The molecule has 0 heterocycles. The Morgan fingerprint density at radius 3 is 2.93 bits per heavy atom. The fraction of sp³-hybridized carbons (Fsp3) is 0.333. The summed E-state index contributed by atoms with van der Waals surface area (Å²) in [5, 5.41) is 10.6. The number of rotatable bonds is 5. The van der Waals surface area contributed by atoms with Crippen molar-refractivity contribution in [1.29, 1.82) is 0 Å². The largest absolute Gasteiger partial charge is 0.388 e. The maximum atomic E-state index is 9.93. The van der Waals surface area contributed by atoms with E-state index in [4.69, 9.17) is 11.6 Å². The van der Waals surface area contributed by atoms with Crippen LogP contribution >= 0.6 is 27.5 Å². The van der Waals surface area contributed by atoms with Crippen LogP contribution in [-0.4, -0.2) is 5.11 Å². The van der Waals surface area contributed by atoms with Crippen LogP contribution in [0.5, 0.6) is 0 Å². The van der Waals surface area contributed by atoms with Crippen molar-refractivity contribution in [3.63, 3.8) is 0 Å². The summed E-state index contributed by atoms with van der Waals surface area (Å²) in [7, 11) is 0. The Balaban J connectivity index is 2.67. The number of hydrogen-bond acceptors (Lipinski definition) is 1. The van der Waals surface area contributed by atoms with E-state index in [0.717, 1.165) is 29.3 Å². The van der Waals surface area contributed by atoms with Gasteiger partial charge in [0.15, 0.2) is 0 Å². The number of aliphatic hydroxyl groups is 1. The summed E-state index contributed by atoms with van der Waals surface area (Å²) in [6.07, 6.45) is 3.99. The molecular formula is C12H14BrClO. The average molecular weight is 290 g/mol. The second kappa shape index (κ2) is 6.31. The number of hydrogen-bond donors (Lipinski definition) is 1. The molecule has 0 amide bonds. The van der Waals surface area contributed by atoms with Gasteiger partial charge in [0, 0.05) is 9.50 Å². The maximum absolute atomic E-state index is 9.93. The molecular weight excluding hydrogens is 275 g/mol. The normalized spacial score (nSPS) is 12.5. The molecule has 1 aromatic carbocycles. The third-order valence-corrected chi connectivity index (χ3v) is 3.16. The molecule has 0 fully saturated rings. The first kappa shape index (κ1) is 12.8. The number of unbranched alkanes of at least 4 members (excludes halogenated alkanes) is 1. The van der Waals surface area contributed by atoms with Crippen molar-refractivity contribution in [1.82, 2.24) is 0 Å². The van der Waals surface area contributed by atoms with E-state index in [1.807, 2.05) is 12.1 Å². The molecule has 0 saturated heterocycles. The molecule has 1 unspecified atom stereocenters. The molecule has 3 heteroatoms. The van der Waals surface area contributed by atoms with Gasteiger partial charge >= 0.3 is 0 Å². The van der Waals surface area contributed by atoms with Crippen molar-refractivity contribution < 1.29 is 5.11 Å². The fourth-order valence-corrected chi connectivity index (χ4v) is 2.07. The van der Waals surface area contributed by atoms with Gasteiger partial charge in [-0.1, -0.05) is 33.6 Å². The topological polar surface area (TPSA) is 20.2 Å². The average Bonchev–Trinajstić information content (AvgIpc) is 2.22. The van der Waals surface area contributed by atoms with E-state index in [-0.39, 0.29) is 0 Å². The molecule has 1 nitrogen and oxygen atoms in total. The Hall–Kier alpha value is -0.310. The van der Waals surface area contributed by atoms with Gasteiger partial charge in [-0.15, -0.1) is 6.58 Å². The monoisotopic (exact) mass is 288 g/mol. The molecule has 0 aliphatic heterocycles. The number of aliphatic hydroxyl groups excluding tert-OH is 1. The molecule has 1 aromatic rings. The lowest BCUT2D eigenvalue weighted by molar-refractivity contribution is 0.164. The van der Waals surface area contributed by atoms with E-state index in [1.54, 1.807) is 12.1 Å². The smallest absolute Gasteiger partial charge is 0.0801 e. The summed E-state index contributed by atoms with van der Waals surface area (Å²) in [5.74, 6) is 0. The number of halogens is 2. The van der Waals surface area contributed by atoms with Crippen LogP contribution in [0.15, 0.2) is 35.3 Å². The Kier molecular flexibility index (Phi) is 5.37. The molecule has 1 atom stereocenters. The minimum absolute atomic E-state index is 0.460. The third-order valence-electron chi connectivity index (χ3n) is 2.20. The highest BCUT2D eigenvalue weighted by Crippen LogP contribution is 2.29. The van der Waals surface area contributed by atoms with Gasteiger partial charge in [0.25, 0.3) is 0 Å². The zero-order valence-electron chi connectivity index (χ0n) is 8.42. The van der Waals surface area contributed by atoms with Crippen LogP contribution < -0.4 is 0 Å². The van der Waals surface area contributed by atoms with Crippen LogP contribution in [0.2, 0.25) is 5.02 Å². The first-order valence-electron chi connectivity index (χ1n) is 4.89. The van der Waals surface area contributed by atoms with Crippen LogP contribution in [0.3, 0.4) is 0 Å². The molecule has 0 radical (unpaired) electrons. The number of allylic oxidation sites excluding steroid dienone is 1. The summed E-state index contributed by atoms with van der Waals surface area (Å²) in [5.41, 5.74) is 0.853. The van der Waals surface area contributed by atoms with E-state index in [0.29, 0.717) is 5.02 Å². The van der Waals surface area contributed by atoms with Gasteiger partial charge in [-0.05, 0) is 43.0 Å². The zero-order chi connectivity index (χ0) is 11.3. The van der Waals surface area contributed by atoms with Crippen molar-refractivity contribution in [2.24, 2.45) is 0 Å². The molecule has 0 spiro atoms. The second-order valence-corrected chi connectivity index (χ2v) is 4.69. The van der Waals surface area contributed by atoms with Crippen LogP contribution in [-0.2, 0) is 0 Å². The first-order chi connectivity index (χ1) is 7.15. The van der Waals surface area contributed by atoms with Crippen molar-refractivity contribution in [3.8, 4) is 0 Å². The van der Waals surface area contributed by atoms with Crippen molar-refractivity contribution in [2.75, 3.05) is 0 Å². The molecule has 1 rings (SSSR count). The standard InChI is InChI=1S/C12H14BrClO/c1-2-3-4-5-12(15)10-8-9(14)6-7-11(10)13/h2,6-8,12,15H,1,3-5H2. The van der Waals surface area contributed by atoms with E-state index in [1.165, 1.54) is 0 Å². The lowest BCUT2D eigenvalue weighted by Crippen LogP contribution is -1.98. The lowest BCUT2D eigenvalue weighted by Gasteiger charge is -2.12. The molecule has 82 valence electrons. The highest BCUT2D eigenvalue weighted by Gasteiger charge is 2.11. The highest BCUT2D eigenvalue weighted by atomic mass is 79.9. The van der Waals surface area contributed by atoms with E-state index in [2.05, 4.69) is 22.5 Å². The fourth-order valence-electron chi connectivity index (χ4n) is 1.38. The minimum Gasteiger partial charge on any atom is -0.388 e. The van der Waals surface area contributed by atoms with Gasteiger partial charge in [0.05, 0.1) is 6.10 Å². The third kappa shape index (κ3) is 3.98. The summed E-state index contributed by atoms with van der Waals surface area (Å²) in [6, 6.07) is 5.45. The van der Waals surface area contributed by atoms with E-state index < -0.39 is 6.10 Å². The summed E-state index contributed by atoms with van der Waals surface area (Å²) in [6.45, 7) is 3.65. The highest BCUT2D eigenvalue weighted by molar-refractivity contribution is 9.10. The van der Waals surface area contributed by atoms with Crippen molar-refractivity contribution in [3.05, 3.63) is 45.9 Å². The summed E-state index contributed by atoms with van der Waals surface area (Å²) >= 11 is 9.28. The lowest BCUT2D eigenvalue weighted by atomic mass is 10.0. The Morgan fingerprint density at radius 1 is 1.53 bits per heavy atom. The van der Waals surface area contributed by atoms with Gasteiger partial charge in [0.2, 0.25) is 0 Å². The van der Waals surface area contributed by atoms with Gasteiger partial charge in [-0.25, -0.2) is 0 Å². The van der Waals surface area contributed by atoms with Gasteiger partial charge in [-0.2, -0.15) is 0 Å². The van der Waals surface area contributed by atoms with Crippen molar-refractivity contribution >= 4 is 27.5 Å². The SMILES string of the molecule is C=CCCCC(O)c1cc(Cl)ccc1Br. The van der Waals surface area contributed by atoms with Gasteiger partial charge < -0.3 is 5.11 Å². The molecule has 0 aromatic heterocycles. The second-order valence-electron chi connectivity index (χ2n) is 3.40. The Bertz CT molecular complexity index is 338. The first-order valence-corrected chi connectivity index (χ1v) is 6.06. The predicted molar refractivity (Wildman–Crippen MR) is 68.2 cm³/mol. The summed E-state index contributed by atoms with van der Waals surface area (Å²) < 4.78 is 0.901. The van der Waals surface area contributed by atoms with E-state index in [9.17, 15) is 5.11 Å². The predicted octanol–water partition coefficient (Wildman–Crippen LogP) is 4.49. The van der Waals surface area contributed by atoms with Gasteiger partial charge in [0.1, 0.15) is 0 Å². The maximum Gasteiger partial charge on any atom is 0.0801 e. The zero-order valence-corrected chi connectivity index (χ0v) is 10.8. The minimum atomic E-state index is -0.460. The molecule has 0 aliphatic carbocycles. The summed E-state index contributed by atoms with van der Waals surface area (Å²) in [4.78, 5) is 0. The van der Waals surface area contributed by atoms with Crippen LogP contribution in [0.25, 0.3) is 0 Å². The quantitative estimate of drug-likeness (QED) is 0.625. The van der Waals surface area contributed by atoms with Crippen LogP contribution in [0.1, 0.15) is 30.9 Å². The number of benzene rings is 1. The molecule has 0 saturated carbocycles. The Labute approximate surface area is 104 Å². The molecule has 15 heavy (non-hydrogen) atoms. The molecule has 0 bridgehead atoms. The van der Waals surface area contributed by atoms with Crippen LogP contribution in [0, 0.1) is 0 Å². The van der Waals surface area contributed by atoms with E-state index >= 15 is 0 Å².